The van der Waals surface area contributed by atoms with Crippen LogP contribution in [0.4, 0.5) is 0 Å². The topological polar surface area (TPSA) is 237 Å². The summed E-state index contributed by atoms with van der Waals surface area (Å²) in [5.41, 5.74) is 0. The van der Waals surface area contributed by atoms with E-state index in [0.29, 0.717) is 31.6 Å². The van der Waals surface area contributed by atoms with Gasteiger partial charge in [-0.15, -0.1) is 0 Å². The summed E-state index contributed by atoms with van der Waals surface area (Å²) in [6, 6.07) is 0. The summed E-state index contributed by atoms with van der Waals surface area (Å²) in [5.74, 6) is 0.916. The maximum absolute atomic E-state index is 13.0. The van der Waals surface area contributed by atoms with E-state index < -0.39 is 97.5 Å². The molecule has 0 rings (SSSR count). The van der Waals surface area contributed by atoms with Crippen molar-refractivity contribution in [3.05, 3.63) is 0 Å². The largest absolute Gasteiger partial charge is 0.472 e. The normalized spacial score (nSPS) is 14.8. The Balaban J connectivity index is 5.24. The van der Waals surface area contributed by atoms with Crippen molar-refractivity contribution < 1.29 is 80.2 Å². The highest BCUT2D eigenvalue weighted by molar-refractivity contribution is 7.47. The molecular formula is C72H140O17P2. The van der Waals surface area contributed by atoms with Gasteiger partial charge in [-0.2, -0.15) is 0 Å². The van der Waals surface area contributed by atoms with Gasteiger partial charge < -0.3 is 33.8 Å². The number of hydrogen-bond donors (Lipinski definition) is 3. The average molecular weight is 1340 g/mol. The molecule has 0 amide bonds. The minimum atomic E-state index is -4.95. The second-order valence-corrected chi connectivity index (χ2v) is 30.3. The number of esters is 4. The Morgan fingerprint density at radius 1 is 0.308 bits per heavy atom. The lowest BCUT2D eigenvalue weighted by atomic mass is 9.99. The minimum absolute atomic E-state index is 0.104. The maximum Gasteiger partial charge on any atom is 0.472 e. The Morgan fingerprint density at radius 2 is 0.527 bits per heavy atom. The Morgan fingerprint density at radius 3 is 0.780 bits per heavy atom. The summed E-state index contributed by atoms with van der Waals surface area (Å²) in [6.07, 6.45) is 44.4. The van der Waals surface area contributed by atoms with Crippen molar-refractivity contribution in [3.63, 3.8) is 0 Å². The molecule has 3 N–H and O–H groups in total. The van der Waals surface area contributed by atoms with Gasteiger partial charge in [0.15, 0.2) is 12.2 Å². The number of phosphoric ester groups is 2. The number of rotatable bonds is 69. The van der Waals surface area contributed by atoms with Gasteiger partial charge in [-0.3, -0.25) is 37.3 Å². The zero-order chi connectivity index (χ0) is 67.5. The summed E-state index contributed by atoms with van der Waals surface area (Å²) in [4.78, 5) is 72.6. The summed E-state index contributed by atoms with van der Waals surface area (Å²) in [7, 11) is -9.91. The molecule has 0 bridgehead atoms. The van der Waals surface area contributed by atoms with Crippen LogP contribution in [0.1, 0.15) is 357 Å². The molecule has 0 fully saturated rings. The molecule has 19 heteroatoms. The van der Waals surface area contributed by atoms with Gasteiger partial charge in [0.1, 0.15) is 19.3 Å². The summed E-state index contributed by atoms with van der Waals surface area (Å²) < 4.78 is 68.3. The molecule has 0 aliphatic carbocycles. The molecule has 0 aliphatic heterocycles. The molecule has 91 heavy (non-hydrogen) atoms. The number of aliphatic hydroxyl groups excluding tert-OH is 1. The predicted octanol–water partition coefficient (Wildman–Crippen LogP) is 20.5. The molecule has 7 atom stereocenters. The number of hydrogen-bond acceptors (Lipinski definition) is 15. The van der Waals surface area contributed by atoms with Crippen LogP contribution in [0.3, 0.4) is 0 Å². The quantitative estimate of drug-likeness (QED) is 0.0222. The fourth-order valence-corrected chi connectivity index (χ4v) is 12.4. The van der Waals surface area contributed by atoms with Crippen molar-refractivity contribution >= 4 is 39.5 Å². The first-order chi connectivity index (χ1) is 43.7. The number of aliphatic hydroxyl groups is 1. The van der Waals surface area contributed by atoms with Crippen LogP contribution < -0.4 is 0 Å². The smallest absolute Gasteiger partial charge is 0.462 e. The van der Waals surface area contributed by atoms with Gasteiger partial charge in [0, 0.05) is 25.7 Å². The van der Waals surface area contributed by atoms with E-state index in [1.165, 1.54) is 154 Å². The van der Waals surface area contributed by atoms with Crippen LogP contribution in [0.15, 0.2) is 0 Å². The molecular weight excluding hydrogens is 1200 g/mol. The SMILES string of the molecule is CCC(C)CCCCCCCCCCCCC(=O)OC[C@H](COP(=O)(O)OC[C@@H](O)COP(=O)(O)OC[C@@H](COC(=O)CCCCCCCCC(C)C)OC(=O)CCCCCCCCCCCCCCCC(C)C)OC(=O)CCCCCCCCCCC(C)CC. The van der Waals surface area contributed by atoms with Gasteiger partial charge >= 0.3 is 39.5 Å². The maximum atomic E-state index is 13.0. The second kappa shape index (κ2) is 61.6. The van der Waals surface area contributed by atoms with Gasteiger partial charge in [0.2, 0.25) is 0 Å². The molecule has 0 saturated carbocycles. The molecule has 0 aromatic rings. The Kier molecular flexibility index (Phi) is 60.3. The van der Waals surface area contributed by atoms with E-state index in [0.717, 1.165) is 114 Å². The Hall–Kier alpha value is -1.94. The molecule has 0 radical (unpaired) electrons. The van der Waals surface area contributed by atoms with Crippen LogP contribution in [-0.4, -0.2) is 96.7 Å². The summed E-state index contributed by atoms with van der Waals surface area (Å²) in [5, 5.41) is 10.6. The van der Waals surface area contributed by atoms with Crippen LogP contribution in [0.5, 0.6) is 0 Å². The highest BCUT2D eigenvalue weighted by Crippen LogP contribution is 2.45. The lowest BCUT2D eigenvalue weighted by Gasteiger charge is -2.21. The van der Waals surface area contributed by atoms with Crippen molar-refractivity contribution in [2.75, 3.05) is 39.6 Å². The fraction of sp³-hybridized carbons (Fsp3) is 0.944. The molecule has 0 heterocycles. The standard InChI is InChI=1S/C72H140O17P2/c1-9-64(7)50-42-34-25-19-16-17-20-27-36-44-52-69(74)82-58-67(89-72(77)55-47-39-29-23-22-26-35-43-51-65(8)10-2)60-86-90(78,79)84-56-66(73)57-85-91(80,81)87-61-68(59-83-70(75)53-45-37-31-30-33-41-49-63(5)6)88-71(76)54-46-38-28-21-15-13-11-12-14-18-24-32-40-48-62(3)4/h62-68,73H,9-61H2,1-8H3,(H,78,79)(H,80,81)/t64?,65?,66-,67-,68-/m1/s1. The number of ether oxygens (including phenoxy) is 4. The first-order valence-electron chi connectivity index (χ1n) is 37.3. The number of unbranched alkanes of at least 4 members (excludes halogenated alkanes) is 33. The van der Waals surface area contributed by atoms with E-state index in [1.54, 1.807) is 0 Å². The molecule has 0 aliphatic rings. The zero-order valence-corrected chi connectivity index (χ0v) is 61.3. The van der Waals surface area contributed by atoms with E-state index in [2.05, 4.69) is 55.4 Å². The highest BCUT2D eigenvalue weighted by atomic mass is 31.2. The third-order valence-electron chi connectivity index (χ3n) is 17.3. The average Bonchev–Trinajstić information content (AvgIpc) is 2.81. The van der Waals surface area contributed by atoms with Crippen LogP contribution in [-0.2, 0) is 65.4 Å². The van der Waals surface area contributed by atoms with Crippen molar-refractivity contribution in [3.8, 4) is 0 Å². The summed E-state index contributed by atoms with van der Waals surface area (Å²) in [6.45, 7) is 14.1. The van der Waals surface area contributed by atoms with Crippen LogP contribution in [0, 0.1) is 23.7 Å². The van der Waals surface area contributed by atoms with Crippen molar-refractivity contribution in [1.29, 1.82) is 0 Å². The monoisotopic (exact) mass is 1340 g/mol. The molecule has 17 nitrogen and oxygen atoms in total. The van der Waals surface area contributed by atoms with Gasteiger partial charge in [-0.1, -0.05) is 306 Å². The third-order valence-corrected chi connectivity index (χ3v) is 19.2. The van der Waals surface area contributed by atoms with Gasteiger partial charge in [-0.25, -0.2) is 9.13 Å². The van der Waals surface area contributed by atoms with Crippen molar-refractivity contribution in [1.82, 2.24) is 0 Å². The first-order valence-corrected chi connectivity index (χ1v) is 40.3. The van der Waals surface area contributed by atoms with E-state index in [1.807, 2.05) is 0 Å². The third kappa shape index (κ3) is 63.9. The lowest BCUT2D eigenvalue weighted by Crippen LogP contribution is -2.30. The summed E-state index contributed by atoms with van der Waals surface area (Å²) >= 11 is 0. The van der Waals surface area contributed by atoms with E-state index in [-0.39, 0.29) is 25.7 Å². The van der Waals surface area contributed by atoms with Crippen molar-refractivity contribution in [2.45, 2.75) is 375 Å². The predicted molar refractivity (Wildman–Crippen MR) is 367 cm³/mol. The Bertz CT molecular complexity index is 1800. The van der Waals surface area contributed by atoms with E-state index >= 15 is 0 Å². The lowest BCUT2D eigenvalue weighted by molar-refractivity contribution is -0.161. The number of carbonyl (C=O) groups is 4. The molecule has 0 aromatic heterocycles. The van der Waals surface area contributed by atoms with E-state index in [4.69, 9.17) is 37.0 Å². The first kappa shape index (κ1) is 89.1. The highest BCUT2D eigenvalue weighted by Gasteiger charge is 2.30. The van der Waals surface area contributed by atoms with Crippen LogP contribution in [0.25, 0.3) is 0 Å². The molecule has 4 unspecified atom stereocenters. The molecule has 0 spiro atoms. The van der Waals surface area contributed by atoms with Gasteiger partial charge in [0.25, 0.3) is 0 Å². The van der Waals surface area contributed by atoms with Gasteiger partial charge in [0.05, 0.1) is 26.4 Å². The zero-order valence-electron chi connectivity index (χ0n) is 59.5. The van der Waals surface area contributed by atoms with Crippen LogP contribution in [0.2, 0.25) is 0 Å². The molecule has 0 saturated heterocycles. The number of carbonyl (C=O) groups excluding carboxylic acids is 4. The van der Waals surface area contributed by atoms with Crippen LogP contribution >= 0.6 is 15.6 Å². The fourth-order valence-electron chi connectivity index (χ4n) is 10.8. The van der Waals surface area contributed by atoms with E-state index in [9.17, 15) is 43.2 Å². The van der Waals surface area contributed by atoms with Gasteiger partial charge in [-0.05, 0) is 49.4 Å². The number of phosphoric acid groups is 2. The Labute approximate surface area is 556 Å². The van der Waals surface area contributed by atoms with Crippen molar-refractivity contribution in [2.24, 2.45) is 23.7 Å². The second-order valence-electron chi connectivity index (χ2n) is 27.4. The molecule has 540 valence electrons. The molecule has 0 aromatic carbocycles. The minimum Gasteiger partial charge on any atom is -0.462 e.